The van der Waals surface area contributed by atoms with Gasteiger partial charge in [0.2, 0.25) is 0 Å². The quantitative estimate of drug-likeness (QED) is 0.611. The Bertz CT molecular complexity index is 222. The summed E-state index contributed by atoms with van der Waals surface area (Å²) >= 11 is 3.33. The number of phenols is 1. The van der Waals surface area contributed by atoms with Crippen molar-refractivity contribution in [3.05, 3.63) is 29.8 Å². The van der Waals surface area contributed by atoms with E-state index in [0.29, 0.717) is 5.75 Å². The minimum Gasteiger partial charge on any atom is -0.508 e. The maximum absolute atomic E-state index is 9.00. The summed E-state index contributed by atoms with van der Waals surface area (Å²) in [6.07, 6.45) is 0. The van der Waals surface area contributed by atoms with Gasteiger partial charge in [0.1, 0.15) is 5.75 Å². The lowest BCUT2D eigenvalue weighted by Crippen LogP contribution is -2.15. The molecule has 2 N–H and O–H groups in total. The van der Waals surface area contributed by atoms with Gasteiger partial charge in [-0.2, -0.15) is 0 Å². The van der Waals surface area contributed by atoms with E-state index >= 15 is 0 Å². The fourth-order valence-electron chi connectivity index (χ4n) is 0.913. The Kier molecular flexibility index (Phi) is 4.11. The predicted molar refractivity (Wildman–Crippen MR) is 53.6 cm³/mol. The molecule has 0 heterocycles. The van der Waals surface area contributed by atoms with E-state index in [0.717, 1.165) is 18.4 Å². The summed E-state index contributed by atoms with van der Waals surface area (Å²) in [6.45, 7) is 1.81. The van der Waals surface area contributed by atoms with Gasteiger partial charge in [0.15, 0.2) is 0 Å². The van der Waals surface area contributed by atoms with Crippen molar-refractivity contribution in [2.45, 2.75) is 6.54 Å². The highest BCUT2D eigenvalue weighted by atomic mass is 79.9. The number of hydrogen-bond donors (Lipinski definition) is 2. The predicted octanol–water partition coefficient (Wildman–Crippen LogP) is 1.88. The third-order valence-electron chi connectivity index (χ3n) is 1.54. The maximum Gasteiger partial charge on any atom is 0.115 e. The molecule has 0 unspecified atom stereocenters. The van der Waals surface area contributed by atoms with Crippen LogP contribution < -0.4 is 5.32 Å². The smallest absolute Gasteiger partial charge is 0.115 e. The number of aromatic hydroxyl groups is 1. The lowest BCUT2D eigenvalue weighted by Gasteiger charge is -2.02. The number of alkyl halides is 1. The van der Waals surface area contributed by atoms with Crippen molar-refractivity contribution in [3.63, 3.8) is 0 Å². The third-order valence-corrected chi connectivity index (χ3v) is 1.93. The van der Waals surface area contributed by atoms with E-state index in [4.69, 9.17) is 5.11 Å². The summed E-state index contributed by atoms with van der Waals surface area (Å²) in [5, 5.41) is 13.2. The molecule has 0 radical (unpaired) electrons. The van der Waals surface area contributed by atoms with Crippen molar-refractivity contribution in [1.29, 1.82) is 0 Å². The second kappa shape index (κ2) is 5.17. The minimum atomic E-state index is 0.319. The van der Waals surface area contributed by atoms with Crippen LogP contribution in [0.25, 0.3) is 0 Å². The summed E-state index contributed by atoms with van der Waals surface area (Å²) in [7, 11) is 0. The number of benzene rings is 1. The zero-order chi connectivity index (χ0) is 8.81. The van der Waals surface area contributed by atoms with Crippen LogP contribution in [0.15, 0.2) is 24.3 Å². The van der Waals surface area contributed by atoms with E-state index in [2.05, 4.69) is 21.2 Å². The zero-order valence-corrected chi connectivity index (χ0v) is 8.34. The Morgan fingerprint density at radius 1 is 1.25 bits per heavy atom. The highest BCUT2D eigenvalue weighted by molar-refractivity contribution is 9.09. The highest BCUT2D eigenvalue weighted by Gasteiger charge is 1.91. The molecule has 3 heteroatoms. The molecule has 0 aromatic heterocycles. The summed E-state index contributed by atoms with van der Waals surface area (Å²) in [4.78, 5) is 0. The number of phenolic OH excluding ortho intramolecular Hbond substituents is 1. The van der Waals surface area contributed by atoms with E-state index in [1.165, 1.54) is 5.56 Å². The van der Waals surface area contributed by atoms with Crippen LogP contribution in [0.3, 0.4) is 0 Å². The molecule has 1 aromatic rings. The molecule has 0 fully saturated rings. The van der Waals surface area contributed by atoms with Gasteiger partial charge in [0.25, 0.3) is 0 Å². The van der Waals surface area contributed by atoms with Gasteiger partial charge in [-0.05, 0) is 17.7 Å². The van der Waals surface area contributed by atoms with Crippen LogP contribution in [-0.2, 0) is 6.54 Å². The maximum atomic E-state index is 9.00. The van der Waals surface area contributed by atoms with Gasteiger partial charge in [0, 0.05) is 18.4 Å². The van der Waals surface area contributed by atoms with Gasteiger partial charge in [-0.25, -0.2) is 0 Å². The Hall–Kier alpha value is -0.540. The summed E-state index contributed by atoms with van der Waals surface area (Å²) in [6, 6.07) is 7.23. The molecular weight excluding hydrogens is 218 g/mol. The Balaban J connectivity index is 2.37. The summed E-state index contributed by atoms with van der Waals surface area (Å²) in [5.41, 5.74) is 1.19. The number of nitrogens with one attached hydrogen (secondary N) is 1. The SMILES string of the molecule is Oc1ccc(CNCCBr)cc1. The van der Waals surface area contributed by atoms with Crippen LogP contribution in [0.5, 0.6) is 5.75 Å². The van der Waals surface area contributed by atoms with E-state index < -0.39 is 0 Å². The topological polar surface area (TPSA) is 32.3 Å². The molecule has 0 saturated heterocycles. The minimum absolute atomic E-state index is 0.319. The molecular formula is C9H12BrNO. The first kappa shape index (κ1) is 9.55. The van der Waals surface area contributed by atoms with E-state index in [1.807, 2.05) is 12.1 Å². The second-order valence-corrected chi connectivity index (χ2v) is 3.33. The molecule has 1 aromatic carbocycles. The third kappa shape index (κ3) is 3.24. The first-order chi connectivity index (χ1) is 5.83. The molecule has 12 heavy (non-hydrogen) atoms. The second-order valence-electron chi connectivity index (χ2n) is 2.53. The molecule has 0 bridgehead atoms. The molecule has 66 valence electrons. The average Bonchev–Trinajstić information content (AvgIpc) is 2.09. The van der Waals surface area contributed by atoms with Gasteiger partial charge < -0.3 is 10.4 Å². The van der Waals surface area contributed by atoms with Crippen LogP contribution in [0.4, 0.5) is 0 Å². The van der Waals surface area contributed by atoms with Gasteiger partial charge in [-0.1, -0.05) is 28.1 Å². The van der Waals surface area contributed by atoms with Crippen molar-refractivity contribution in [1.82, 2.24) is 5.32 Å². The van der Waals surface area contributed by atoms with Gasteiger partial charge in [0.05, 0.1) is 0 Å². The normalized spacial score (nSPS) is 10.1. The van der Waals surface area contributed by atoms with E-state index in [9.17, 15) is 0 Å². The van der Waals surface area contributed by atoms with Crippen molar-refractivity contribution >= 4 is 15.9 Å². The lowest BCUT2D eigenvalue weighted by molar-refractivity contribution is 0.475. The molecule has 2 nitrogen and oxygen atoms in total. The molecule has 0 aliphatic rings. The van der Waals surface area contributed by atoms with Crippen LogP contribution in [0.1, 0.15) is 5.56 Å². The molecule has 1 rings (SSSR count). The highest BCUT2D eigenvalue weighted by Crippen LogP contribution is 2.08. The van der Waals surface area contributed by atoms with E-state index in [-0.39, 0.29) is 0 Å². The number of rotatable bonds is 4. The van der Waals surface area contributed by atoms with Crippen LogP contribution in [0, 0.1) is 0 Å². The average molecular weight is 230 g/mol. The standard InChI is InChI=1S/C9H12BrNO/c10-5-6-11-7-8-1-3-9(12)4-2-8/h1-4,11-12H,5-7H2. The van der Waals surface area contributed by atoms with Crippen LogP contribution in [-0.4, -0.2) is 17.0 Å². The Morgan fingerprint density at radius 3 is 2.50 bits per heavy atom. The van der Waals surface area contributed by atoms with Gasteiger partial charge >= 0.3 is 0 Å². The Morgan fingerprint density at radius 2 is 1.92 bits per heavy atom. The number of hydrogen-bond acceptors (Lipinski definition) is 2. The van der Waals surface area contributed by atoms with Crippen LogP contribution >= 0.6 is 15.9 Å². The lowest BCUT2D eigenvalue weighted by atomic mass is 10.2. The molecule has 0 aliphatic heterocycles. The number of halogens is 1. The van der Waals surface area contributed by atoms with Gasteiger partial charge in [-0.3, -0.25) is 0 Å². The van der Waals surface area contributed by atoms with Crippen LogP contribution in [0.2, 0.25) is 0 Å². The van der Waals surface area contributed by atoms with Crippen molar-refractivity contribution in [2.24, 2.45) is 0 Å². The van der Waals surface area contributed by atoms with Crippen molar-refractivity contribution in [2.75, 3.05) is 11.9 Å². The van der Waals surface area contributed by atoms with Gasteiger partial charge in [-0.15, -0.1) is 0 Å². The molecule has 0 spiro atoms. The molecule has 0 atom stereocenters. The zero-order valence-electron chi connectivity index (χ0n) is 6.76. The molecule has 0 saturated carbocycles. The Labute approximate surface area is 80.7 Å². The first-order valence-electron chi connectivity index (χ1n) is 3.87. The van der Waals surface area contributed by atoms with Crippen molar-refractivity contribution < 1.29 is 5.11 Å². The largest absolute Gasteiger partial charge is 0.508 e. The molecule has 0 aliphatic carbocycles. The molecule has 0 amide bonds. The summed E-state index contributed by atoms with van der Waals surface area (Å²) < 4.78 is 0. The fourth-order valence-corrected chi connectivity index (χ4v) is 1.19. The van der Waals surface area contributed by atoms with E-state index in [1.54, 1.807) is 12.1 Å². The van der Waals surface area contributed by atoms with Crippen molar-refractivity contribution in [3.8, 4) is 5.75 Å². The summed E-state index contributed by atoms with van der Waals surface area (Å²) in [5.74, 6) is 0.319. The first-order valence-corrected chi connectivity index (χ1v) is 4.99. The monoisotopic (exact) mass is 229 g/mol. The fraction of sp³-hybridized carbons (Fsp3) is 0.333.